The highest BCUT2D eigenvalue weighted by molar-refractivity contribution is 6.01. The third-order valence-electron chi connectivity index (χ3n) is 7.27. The molecular weight excluding hydrogens is 509 g/mol. The Morgan fingerprint density at radius 1 is 0.974 bits per heavy atom. The van der Waals surface area contributed by atoms with Crippen molar-refractivity contribution in [2.24, 2.45) is 0 Å². The number of nitrogens with one attached hydrogen (secondary N) is 2. The van der Waals surface area contributed by atoms with E-state index < -0.39 is 52.3 Å². The van der Waals surface area contributed by atoms with Crippen molar-refractivity contribution in [3.8, 4) is 0 Å². The first-order valence-corrected chi connectivity index (χ1v) is 12.4. The lowest BCUT2D eigenvalue weighted by atomic mass is 10.0. The Morgan fingerprint density at radius 3 is 2.16 bits per heavy atom. The summed E-state index contributed by atoms with van der Waals surface area (Å²) in [6.45, 7) is 5.42. The summed E-state index contributed by atoms with van der Waals surface area (Å²) in [5, 5.41) is 5.01. The molecule has 2 fully saturated rings. The molecule has 204 valence electrons. The van der Waals surface area contributed by atoms with E-state index in [1.165, 1.54) is 19.1 Å². The highest BCUT2D eigenvalue weighted by Gasteiger charge is 2.51. The van der Waals surface area contributed by atoms with Crippen LogP contribution in [0.25, 0.3) is 0 Å². The minimum absolute atomic E-state index is 0.0517. The summed E-state index contributed by atoms with van der Waals surface area (Å²) >= 11 is 0. The van der Waals surface area contributed by atoms with Crippen molar-refractivity contribution in [2.75, 3.05) is 0 Å². The molecule has 3 atom stereocenters. The molecule has 0 bridgehead atoms. The van der Waals surface area contributed by atoms with E-state index in [4.69, 9.17) is 0 Å². The number of amides is 3. The third-order valence-corrected chi connectivity index (χ3v) is 7.27. The van der Waals surface area contributed by atoms with Crippen molar-refractivity contribution < 1.29 is 36.3 Å². The Morgan fingerprint density at radius 2 is 1.61 bits per heavy atom. The van der Waals surface area contributed by atoms with E-state index >= 15 is 0 Å². The molecule has 3 amide bonds. The molecule has 1 heterocycles. The maximum atomic E-state index is 15.0. The van der Waals surface area contributed by atoms with Crippen molar-refractivity contribution in [3.63, 3.8) is 0 Å². The maximum Gasteiger partial charge on any atom is 0.416 e. The van der Waals surface area contributed by atoms with E-state index in [1.54, 1.807) is 4.90 Å². The largest absolute Gasteiger partial charge is 0.416 e. The van der Waals surface area contributed by atoms with Crippen LogP contribution in [0.4, 0.5) is 22.0 Å². The van der Waals surface area contributed by atoms with Gasteiger partial charge in [0.15, 0.2) is 0 Å². The zero-order valence-electron chi connectivity index (χ0n) is 21.1. The van der Waals surface area contributed by atoms with Gasteiger partial charge in [-0.25, -0.2) is 8.78 Å². The molecule has 3 unspecified atom stereocenters. The smallest absolute Gasteiger partial charge is 0.347 e. The number of nitrogens with zero attached hydrogens (tertiary/aromatic N) is 1. The summed E-state index contributed by atoms with van der Waals surface area (Å²) < 4.78 is 67.7. The second-order valence-electron chi connectivity index (χ2n) is 10.2. The number of benzene rings is 2. The number of alkyl halides is 3. The van der Waals surface area contributed by atoms with Gasteiger partial charge in [-0.05, 0) is 76.8 Å². The molecule has 11 heteroatoms. The second-order valence-corrected chi connectivity index (χ2v) is 10.2. The Kier molecular flexibility index (Phi) is 7.24. The van der Waals surface area contributed by atoms with E-state index in [-0.39, 0.29) is 48.0 Å². The molecule has 2 N–H and O–H groups in total. The fraction of sp³-hybridized carbons (Fsp3) is 0.444. The van der Waals surface area contributed by atoms with Crippen molar-refractivity contribution in [2.45, 2.75) is 76.3 Å². The fourth-order valence-electron chi connectivity index (χ4n) is 4.88. The summed E-state index contributed by atoms with van der Waals surface area (Å²) in [4.78, 5) is 40.2. The zero-order valence-corrected chi connectivity index (χ0v) is 21.1. The van der Waals surface area contributed by atoms with Crippen molar-refractivity contribution in [1.29, 1.82) is 0 Å². The van der Waals surface area contributed by atoms with Crippen LogP contribution in [0, 0.1) is 11.6 Å². The van der Waals surface area contributed by atoms with Crippen LogP contribution in [0.5, 0.6) is 0 Å². The molecule has 2 aromatic rings. The molecule has 1 saturated carbocycles. The normalized spacial score (nSPS) is 21.1. The van der Waals surface area contributed by atoms with Gasteiger partial charge < -0.3 is 15.5 Å². The number of rotatable bonds is 6. The lowest BCUT2D eigenvalue weighted by Crippen LogP contribution is -2.49. The molecule has 38 heavy (non-hydrogen) atoms. The van der Waals surface area contributed by atoms with E-state index in [2.05, 4.69) is 10.6 Å². The molecular formula is C27H28F5N3O3. The fourth-order valence-corrected chi connectivity index (χ4v) is 4.88. The Balaban J connectivity index is 1.44. The highest BCUT2D eigenvalue weighted by atomic mass is 19.4. The van der Waals surface area contributed by atoms with Gasteiger partial charge in [0.25, 0.3) is 11.8 Å². The summed E-state index contributed by atoms with van der Waals surface area (Å²) in [6.07, 6.45) is -2.69. The SMILES string of the molecule is CC(NC(=O)C1(NC(=O)c2cc(F)cc(C(F)(F)F)c2)CC1)c1ccc(C(=O)N2C(C)CCC2C)cc1F. The molecule has 1 aliphatic carbocycles. The quantitative estimate of drug-likeness (QED) is 0.502. The number of likely N-dealkylation sites (tertiary alicyclic amines) is 1. The lowest BCUT2D eigenvalue weighted by Gasteiger charge is -2.27. The minimum atomic E-state index is -4.85. The monoisotopic (exact) mass is 537 g/mol. The van der Waals surface area contributed by atoms with Crippen LogP contribution < -0.4 is 10.6 Å². The number of halogens is 5. The van der Waals surface area contributed by atoms with Crippen LogP contribution in [0.1, 0.15) is 84.3 Å². The molecule has 1 saturated heterocycles. The highest BCUT2D eigenvalue weighted by Crippen LogP contribution is 2.37. The molecule has 0 aromatic heterocycles. The van der Waals surface area contributed by atoms with Crippen LogP contribution in [0.3, 0.4) is 0 Å². The first-order chi connectivity index (χ1) is 17.7. The number of carbonyl (C=O) groups excluding carboxylic acids is 3. The van der Waals surface area contributed by atoms with Gasteiger partial charge in [0.1, 0.15) is 17.2 Å². The third kappa shape index (κ3) is 5.51. The van der Waals surface area contributed by atoms with E-state index in [0.29, 0.717) is 12.1 Å². The average Bonchev–Trinajstić information content (AvgIpc) is 3.54. The Labute approximate surface area is 216 Å². The first kappa shape index (κ1) is 27.5. The topological polar surface area (TPSA) is 78.5 Å². The van der Waals surface area contributed by atoms with Crippen molar-refractivity contribution >= 4 is 17.7 Å². The number of carbonyl (C=O) groups is 3. The van der Waals surface area contributed by atoms with Crippen LogP contribution in [0.2, 0.25) is 0 Å². The maximum absolute atomic E-state index is 15.0. The number of hydrogen-bond acceptors (Lipinski definition) is 3. The molecule has 0 radical (unpaired) electrons. The predicted molar refractivity (Wildman–Crippen MR) is 128 cm³/mol. The molecule has 4 rings (SSSR count). The van der Waals surface area contributed by atoms with E-state index in [0.717, 1.165) is 18.9 Å². The van der Waals surface area contributed by atoms with Crippen LogP contribution in [-0.4, -0.2) is 40.2 Å². The minimum Gasteiger partial charge on any atom is -0.347 e. The summed E-state index contributed by atoms with van der Waals surface area (Å²) in [5.41, 5.74) is -2.97. The first-order valence-electron chi connectivity index (χ1n) is 12.4. The number of hydrogen-bond donors (Lipinski definition) is 2. The molecule has 0 spiro atoms. The molecule has 2 aliphatic rings. The van der Waals surface area contributed by atoms with Crippen molar-refractivity contribution in [3.05, 3.63) is 70.3 Å². The van der Waals surface area contributed by atoms with E-state index in [1.807, 2.05) is 13.8 Å². The van der Waals surface area contributed by atoms with Gasteiger partial charge >= 0.3 is 6.18 Å². The van der Waals surface area contributed by atoms with Gasteiger partial charge in [-0.1, -0.05) is 6.07 Å². The molecule has 2 aromatic carbocycles. The molecule has 6 nitrogen and oxygen atoms in total. The van der Waals surface area contributed by atoms with Gasteiger partial charge in [-0.2, -0.15) is 13.2 Å². The summed E-state index contributed by atoms with van der Waals surface area (Å²) in [6, 6.07) is 4.76. The summed E-state index contributed by atoms with van der Waals surface area (Å²) in [7, 11) is 0. The second kappa shape index (κ2) is 9.99. The lowest BCUT2D eigenvalue weighted by molar-refractivity contribution is -0.137. The van der Waals surface area contributed by atoms with Crippen LogP contribution in [-0.2, 0) is 11.0 Å². The average molecular weight is 538 g/mol. The van der Waals surface area contributed by atoms with Gasteiger partial charge in [0, 0.05) is 28.8 Å². The molecule has 1 aliphatic heterocycles. The van der Waals surface area contributed by atoms with Gasteiger partial charge in [0.2, 0.25) is 5.91 Å². The predicted octanol–water partition coefficient (Wildman–Crippen LogP) is 5.14. The van der Waals surface area contributed by atoms with Crippen molar-refractivity contribution in [1.82, 2.24) is 15.5 Å². The Bertz CT molecular complexity index is 1270. The Hall–Kier alpha value is -3.50. The van der Waals surface area contributed by atoms with Crippen LogP contribution in [0.15, 0.2) is 36.4 Å². The van der Waals surface area contributed by atoms with Gasteiger partial charge in [0.05, 0.1) is 11.6 Å². The summed E-state index contributed by atoms with van der Waals surface area (Å²) in [5.74, 6) is -3.87. The van der Waals surface area contributed by atoms with Crippen LogP contribution >= 0.6 is 0 Å². The van der Waals surface area contributed by atoms with Gasteiger partial charge in [-0.15, -0.1) is 0 Å². The van der Waals surface area contributed by atoms with Gasteiger partial charge in [-0.3, -0.25) is 14.4 Å². The van der Waals surface area contributed by atoms with E-state index in [9.17, 15) is 36.3 Å². The standard InChI is InChI=1S/C27H28F5N3O3/c1-14-4-5-15(2)35(14)24(37)17-6-7-21(22(29)12-17)16(3)33-25(38)26(8-9-26)34-23(36)18-10-19(27(30,31)32)13-20(28)11-18/h6-7,10-16H,4-5,8-9H2,1-3H3,(H,33,38)(H,34,36). The zero-order chi connectivity index (χ0) is 28.0.